The molecule has 8 aromatic rings. The molecule has 0 spiro atoms. The first-order valence-corrected chi connectivity index (χ1v) is 24.6. The molecule has 0 aliphatic carbocycles. The zero-order valence-electron chi connectivity index (χ0n) is 34.9. The molecule has 0 unspecified atom stereocenters. The molecule has 0 fully saturated rings. The number of fused-ring (bicyclic) bond motifs is 2. The number of hydrogen-bond donors (Lipinski definition) is 0. The molecule has 0 atom stereocenters. The van der Waals surface area contributed by atoms with E-state index < -0.39 is 26.0 Å². The van der Waals surface area contributed by atoms with Gasteiger partial charge in [-0.3, -0.25) is 0 Å². The van der Waals surface area contributed by atoms with Crippen molar-refractivity contribution in [3.05, 3.63) is 229 Å². The van der Waals surface area contributed by atoms with Crippen LogP contribution in [0.15, 0.2) is 206 Å². The molecule has 1 heterocycles. The number of nitrogens with zero attached hydrogens (tertiary/aromatic N) is 1. The first-order valence-electron chi connectivity index (χ1n) is 19.9. The average molecular weight is 962 g/mol. The van der Waals surface area contributed by atoms with Crippen molar-refractivity contribution in [2.24, 2.45) is 0 Å². The molecule has 5 nitrogen and oxygen atoms in total. The van der Waals surface area contributed by atoms with Gasteiger partial charge in [0.2, 0.25) is 0 Å². The van der Waals surface area contributed by atoms with Crippen LogP contribution in [0.4, 0.5) is 5.69 Å². The van der Waals surface area contributed by atoms with Crippen molar-refractivity contribution in [1.29, 1.82) is 0 Å². The Bertz CT molecular complexity index is 2560. The van der Waals surface area contributed by atoms with Crippen molar-refractivity contribution < 1.29 is 38.1 Å². The van der Waals surface area contributed by atoms with Crippen LogP contribution < -0.4 is 36.6 Å². The second-order valence-corrected chi connectivity index (χ2v) is 20.9. The molecule has 1 aliphatic rings. The van der Waals surface area contributed by atoms with Gasteiger partial charge in [0, 0.05) is 48.5 Å². The Morgan fingerprint density at radius 1 is 0.597 bits per heavy atom. The molecule has 9 rings (SSSR count). The Morgan fingerprint density at radius 3 is 1.58 bits per heavy atom. The number of hydrogen-bond acceptors (Lipinski definition) is 4. The minimum absolute atomic E-state index is 0. The van der Waals surface area contributed by atoms with Crippen LogP contribution in [-0.2, 0) is 36.0 Å². The van der Waals surface area contributed by atoms with Gasteiger partial charge in [0.05, 0.1) is 10.1 Å². The Balaban J connectivity index is 0.000000266. The zero-order chi connectivity index (χ0) is 42.8. The molecule has 62 heavy (non-hydrogen) atoms. The van der Waals surface area contributed by atoms with Crippen LogP contribution in [0, 0.1) is 6.07 Å². The van der Waals surface area contributed by atoms with Gasteiger partial charge in [-0.1, -0.05) is 166 Å². The maximum Gasteiger partial charge on any atom is 0.174 e. The summed E-state index contributed by atoms with van der Waals surface area (Å²) in [6, 6.07) is 76.6. The minimum atomic E-state index is -3.92. The van der Waals surface area contributed by atoms with Gasteiger partial charge in [-0.25, -0.2) is 8.42 Å². The normalized spacial score (nSPS) is 12.2. The smallest absolute Gasteiger partial charge is 0.174 e. The van der Waals surface area contributed by atoms with E-state index in [0.717, 1.165) is 28.3 Å². The Kier molecular flexibility index (Phi) is 15.9. The van der Waals surface area contributed by atoms with Crippen molar-refractivity contribution in [3.63, 3.8) is 0 Å². The van der Waals surface area contributed by atoms with E-state index in [2.05, 4.69) is 189 Å². The van der Waals surface area contributed by atoms with Gasteiger partial charge in [0.25, 0.3) is 0 Å². The van der Waals surface area contributed by atoms with Crippen molar-refractivity contribution in [2.45, 2.75) is 19.3 Å². The van der Waals surface area contributed by atoms with E-state index in [1.807, 2.05) is 49.5 Å². The first-order chi connectivity index (χ1) is 29.5. The van der Waals surface area contributed by atoms with E-state index in [4.69, 9.17) is 17.7 Å². The molecular formula is C53H47NO4P2PdS-2. The van der Waals surface area contributed by atoms with Crippen molar-refractivity contribution in [2.75, 3.05) is 13.3 Å². The first kappa shape index (κ1) is 46.3. The molecule has 0 radical (unpaired) electrons. The Labute approximate surface area is 383 Å². The molecule has 0 bridgehead atoms. The molecule has 1 aliphatic heterocycles. The van der Waals surface area contributed by atoms with Crippen LogP contribution >= 0.6 is 15.8 Å². The third kappa shape index (κ3) is 11.0. The molecular weight excluding hydrogens is 915 g/mol. The summed E-state index contributed by atoms with van der Waals surface area (Å²) in [5.41, 5.74) is 5.52. The average Bonchev–Trinajstić information content (AvgIpc) is 3.28. The number of para-hydroxylation sites is 3. The predicted octanol–water partition coefficient (Wildman–Crippen LogP) is 10.3. The van der Waals surface area contributed by atoms with E-state index in [1.165, 1.54) is 43.0 Å². The van der Waals surface area contributed by atoms with E-state index in [1.54, 1.807) is 0 Å². The molecule has 0 saturated heterocycles. The van der Waals surface area contributed by atoms with Gasteiger partial charge >= 0.3 is 0 Å². The second kappa shape index (κ2) is 21.2. The van der Waals surface area contributed by atoms with Gasteiger partial charge in [0.1, 0.15) is 29.6 Å². The SMILES string of the molecule is CC1(C)c2cccc(P(c3ccccc3)c3ccccc3)c2Oc2c([PH+](c3ccccc3)c3ccccc3)cccc21.CS(=O)(=O)[O-].C[N-]c1ccccc1-c1[c-]cccc1.[Pd]. The van der Waals surface area contributed by atoms with Crippen LogP contribution in [0.2, 0.25) is 0 Å². The summed E-state index contributed by atoms with van der Waals surface area (Å²) >= 11 is 0. The van der Waals surface area contributed by atoms with Gasteiger partial charge < -0.3 is 14.6 Å². The summed E-state index contributed by atoms with van der Waals surface area (Å²) in [6.07, 6.45) is 0.604. The Hall–Kier alpha value is -5.21. The summed E-state index contributed by atoms with van der Waals surface area (Å²) in [4.78, 5) is 0. The summed E-state index contributed by atoms with van der Waals surface area (Å²) in [5, 5.41) is 12.2. The largest absolute Gasteiger partial charge is 0.748 e. The third-order valence-electron chi connectivity index (χ3n) is 10.4. The number of rotatable bonds is 8. The summed E-state index contributed by atoms with van der Waals surface area (Å²) in [5.74, 6) is 2.05. The van der Waals surface area contributed by atoms with Crippen LogP contribution in [0.3, 0.4) is 0 Å². The monoisotopic (exact) mass is 961 g/mol. The van der Waals surface area contributed by atoms with Gasteiger partial charge in [-0.05, 0) is 48.9 Å². The standard InChI is InChI=1S/C39H32OP2.C13H11N.CH4O3S.Pd/c1-39(2)33-25-15-27-35(41(29-17-7-3-8-18-29)30-19-9-4-10-20-30)37(33)40-38-34(39)26-16-28-36(38)42(31-21-11-5-12-22-31)32-23-13-6-14-24-32;1-14-13-10-6-5-9-12(13)11-7-3-2-4-8-11;1-5(2,3)4;/h3-28H,1-2H3;2-7,9-10H,1H3;1H3,(H,2,3,4);/q;-2;;. The molecule has 316 valence electrons. The van der Waals surface area contributed by atoms with Crippen LogP contribution in [0.25, 0.3) is 16.4 Å². The molecule has 0 saturated carbocycles. The van der Waals surface area contributed by atoms with Gasteiger partial charge in [-0.15, -0.1) is 48.5 Å². The summed E-state index contributed by atoms with van der Waals surface area (Å²) < 4.78 is 34.5. The fourth-order valence-corrected chi connectivity index (χ4v) is 12.7. The topological polar surface area (TPSA) is 80.5 Å². The molecule has 9 heteroatoms. The zero-order valence-corrected chi connectivity index (χ0v) is 39.1. The fraction of sp³-hybridized carbons (Fsp3) is 0.0943. The van der Waals surface area contributed by atoms with E-state index in [0.29, 0.717) is 6.26 Å². The molecule has 0 aromatic heterocycles. The van der Waals surface area contributed by atoms with Crippen LogP contribution in [0.5, 0.6) is 11.5 Å². The van der Waals surface area contributed by atoms with Crippen molar-refractivity contribution in [3.8, 4) is 22.6 Å². The van der Waals surface area contributed by atoms with E-state index >= 15 is 0 Å². The maximum atomic E-state index is 9.08. The van der Waals surface area contributed by atoms with Gasteiger partial charge in [0.15, 0.2) is 5.75 Å². The van der Waals surface area contributed by atoms with Crippen LogP contribution in [0.1, 0.15) is 25.0 Å². The van der Waals surface area contributed by atoms with E-state index in [-0.39, 0.29) is 25.8 Å². The fourth-order valence-electron chi connectivity index (χ4n) is 7.61. The summed E-state index contributed by atoms with van der Waals surface area (Å²) in [7, 11) is -4.25. The molecule has 0 amide bonds. The molecule has 8 aromatic carbocycles. The van der Waals surface area contributed by atoms with E-state index in [9.17, 15) is 0 Å². The quantitative estimate of drug-likeness (QED) is 0.0658. The minimum Gasteiger partial charge on any atom is -0.748 e. The third-order valence-corrected chi connectivity index (χ3v) is 15.6. The molecule has 0 N–H and O–H groups in total. The number of benzene rings is 8. The van der Waals surface area contributed by atoms with Crippen LogP contribution in [-0.4, -0.2) is 26.3 Å². The number of ether oxygens (including phenoxy) is 1. The second-order valence-electron chi connectivity index (χ2n) is 14.9. The van der Waals surface area contributed by atoms with Crippen molar-refractivity contribution >= 4 is 63.5 Å². The summed E-state index contributed by atoms with van der Waals surface area (Å²) in [6.45, 7) is 4.71. The van der Waals surface area contributed by atoms with Crippen molar-refractivity contribution in [1.82, 2.24) is 0 Å². The van der Waals surface area contributed by atoms with Gasteiger partial charge in [-0.2, -0.15) is 5.69 Å². The predicted molar refractivity (Wildman–Crippen MR) is 259 cm³/mol. The maximum absolute atomic E-state index is 9.08. The Morgan fingerprint density at radius 2 is 1.06 bits per heavy atom.